The third-order valence-corrected chi connectivity index (χ3v) is 1.91. The lowest BCUT2D eigenvalue weighted by atomic mass is 10.1. The highest BCUT2D eigenvalue weighted by Gasteiger charge is 2.02. The van der Waals surface area contributed by atoms with Crippen molar-refractivity contribution in [3.05, 3.63) is 42.2 Å². The number of allylic oxidation sites excluding steroid dienone is 1. The van der Waals surface area contributed by atoms with Crippen LogP contribution in [-0.2, 0) is 11.2 Å². The van der Waals surface area contributed by atoms with Gasteiger partial charge in [0.1, 0.15) is 5.78 Å². The first-order valence-corrected chi connectivity index (χ1v) is 4.73. The van der Waals surface area contributed by atoms with Crippen LogP contribution in [0.4, 0.5) is 0 Å². The molecule has 0 N–H and O–H groups in total. The molecular formula is C12H15NO. The third kappa shape index (κ3) is 3.99. The number of aromatic nitrogens is 1. The van der Waals surface area contributed by atoms with Gasteiger partial charge in [0.05, 0.1) is 0 Å². The number of aryl methyl sites for hydroxylation is 1. The number of ketones is 1. The summed E-state index contributed by atoms with van der Waals surface area (Å²) in [5, 5.41) is 0. The van der Waals surface area contributed by atoms with E-state index in [1.807, 2.05) is 19.1 Å². The summed E-state index contributed by atoms with van der Waals surface area (Å²) in [5.41, 5.74) is 2.05. The molecule has 0 amide bonds. The van der Waals surface area contributed by atoms with Crippen molar-refractivity contribution >= 4 is 5.78 Å². The highest BCUT2D eigenvalue weighted by molar-refractivity contribution is 5.80. The summed E-state index contributed by atoms with van der Waals surface area (Å²) in [5.74, 6) is 0.251. The van der Waals surface area contributed by atoms with Crippen molar-refractivity contribution in [3.8, 4) is 0 Å². The molecular weight excluding hydrogens is 174 g/mol. The standard InChI is InChI=1S/C12H15NO/c1-10(2)8-12(14)6-5-11-4-3-7-13-9-11/h3-4,7,9H,1,5-6,8H2,2H3. The average molecular weight is 189 g/mol. The van der Waals surface area contributed by atoms with E-state index in [0.29, 0.717) is 12.8 Å². The fourth-order valence-electron chi connectivity index (χ4n) is 1.25. The van der Waals surface area contributed by atoms with Crippen molar-refractivity contribution < 1.29 is 4.79 Å². The van der Waals surface area contributed by atoms with E-state index in [0.717, 1.165) is 17.6 Å². The topological polar surface area (TPSA) is 30.0 Å². The van der Waals surface area contributed by atoms with E-state index in [1.165, 1.54) is 0 Å². The van der Waals surface area contributed by atoms with Gasteiger partial charge in [-0.15, -0.1) is 0 Å². The van der Waals surface area contributed by atoms with Crippen molar-refractivity contribution in [1.29, 1.82) is 0 Å². The molecule has 0 aromatic carbocycles. The molecule has 1 aromatic heterocycles. The van der Waals surface area contributed by atoms with Gasteiger partial charge in [0.2, 0.25) is 0 Å². The predicted octanol–water partition coefficient (Wildman–Crippen LogP) is 2.55. The normalized spacial score (nSPS) is 9.79. The Morgan fingerprint density at radius 2 is 2.36 bits per heavy atom. The maximum atomic E-state index is 11.3. The first kappa shape index (κ1) is 10.6. The summed E-state index contributed by atoms with van der Waals surface area (Å²) in [6.45, 7) is 5.59. The van der Waals surface area contributed by atoms with Gasteiger partial charge in [-0.2, -0.15) is 0 Å². The van der Waals surface area contributed by atoms with Gasteiger partial charge in [0.25, 0.3) is 0 Å². The first-order chi connectivity index (χ1) is 6.68. The molecule has 0 atom stereocenters. The summed E-state index contributed by atoms with van der Waals surface area (Å²) in [6.07, 6.45) is 5.39. The monoisotopic (exact) mass is 189 g/mol. The Kier molecular flexibility index (Phi) is 4.05. The summed E-state index contributed by atoms with van der Waals surface area (Å²) in [6, 6.07) is 3.87. The van der Waals surface area contributed by atoms with Crippen molar-refractivity contribution in [2.24, 2.45) is 0 Å². The molecule has 0 radical (unpaired) electrons. The van der Waals surface area contributed by atoms with Crippen LogP contribution in [-0.4, -0.2) is 10.8 Å². The Morgan fingerprint density at radius 1 is 1.57 bits per heavy atom. The van der Waals surface area contributed by atoms with Crippen LogP contribution in [0.15, 0.2) is 36.7 Å². The maximum absolute atomic E-state index is 11.3. The number of hydrogen-bond acceptors (Lipinski definition) is 2. The summed E-state index contributed by atoms with van der Waals surface area (Å²) in [4.78, 5) is 15.3. The van der Waals surface area contributed by atoms with E-state index >= 15 is 0 Å². The van der Waals surface area contributed by atoms with E-state index in [-0.39, 0.29) is 5.78 Å². The quantitative estimate of drug-likeness (QED) is 0.666. The lowest BCUT2D eigenvalue weighted by Gasteiger charge is -2.00. The SMILES string of the molecule is C=C(C)CC(=O)CCc1cccnc1. The maximum Gasteiger partial charge on any atom is 0.137 e. The fraction of sp³-hybridized carbons (Fsp3) is 0.333. The fourth-order valence-corrected chi connectivity index (χ4v) is 1.25. The molecule has 74 valence electrons. The number of rotatable bonds is 5. The summed E-state index contributed by atoms with van der Waals surface area (Å²) >= 11 is 0. The second-order valence-electron chi connectivity index (χ2n) is 3.53. The van der Waals surface area contributed by atoms with Crippen molar-refractivity contribution in [2.75, 3.05) is 0 Å². The van der Waals surface area contributed by atoms with Gasteiger partial charge in [-0.3, -0.25) is 9.78 Å². The number of nitrogens with zero attached hydrogens (tertiary/aromatic N) is 1. The van der Waals surface area contributed by atoms with Crippen LogP contribution in [0.3, 0.4) is 0 Å². The molecule has 1 heterocycles. The van der Waals surface area contributed by atoms with E-state index in [4.69, 9.17) is 0 Å². The lowest BCUT2D eigenvalue weighted by Crippen LogP contribution is -2.00. The first-order valence-electron chi connectivity index (χ1n) is 4.73. The second-order valence-corrected chi connectivity index (χ2v) is 3.53. The molecule has 0 saturated heterocycles. The second kappa shape index (κ2) is 5.32. The van der Waals surface area contributed by atoms with E-state index in [2.05, 4.69) is 11.6 Å². The van der Waals surface area contributed by atoms with Crippen LogP contribution >= 0.6 is 0 Å². The van der Waals surface area contributed by atoms with Gasteiger partial charge in [-0.25, -0.2) is 0 Å². The zero-order chi connectivity index (χ0) is 10.4. The third-order valence-electron chi connectivity index (χ3n) is 1.91. The minimum Gasteiger partial charge on any atom is -0.299 e. The van der Waals surface area contributed by atoms with Gasteiger partial charge in [-0.05, 0) is 25.0 Å². The smallest absolute Gasteiger partial charge is 0.137 e. The molecule has 0 bridgehead atoms. The van der Waals surface area contributed by atoms with Crippen LogP contribution in [0.1, 0.15) is 25.3 Å². The van der Waals surface area contributed by atoms with Gasteiger partial charge in [0, 0.05) is 25.2 Å². The molecule has 0 aliphatic rings. The summed E-state index contributed by atoms with van der Waals surface area (Å²) < 4.78 is 0. The number of hydrogen-bond donors (Lipinski definition) is 0. The minimum atomic E-state index is 0.251. The molecule has 0 saturated carbocycles. The number of carbonyl (C=O) groups is 1. The van der Waals surface area contributed by atoms with Gasteiger partial charge < -0.3 is 0 Å². The average Bonchev–Trinajstić information content (AvgIpc) is 2.15. The molecule has 0 fully saturated rings. The molecule has 14 heavy (non-hydrogen) atoms. The molecule has 0 spiro atoms. The van der Waals surface area contributed by atoms with Crippen LogP contribution < -0.4 is 0 Å². The Bertz CT molecular complexity index is 316. The predicted molar refractivity (Wildman–Crippen MR) is 57.0 cm³/mol. The molecule has 1 aromatic rings. The number of pyridine rings is 1. The van der Waals surface area contributed by atoms with Crippen molar-refractivity contribution in [3.63, 3.8) is 0 Å². The number of carbonyl (C=O) groups excluding carboxylic acids is 1. The zero-order valence-electron chi connectivity index (χ0n) is 8.49. The molecule has 0 aliphatic heterocycles. The number of Topliss-reactive ketones (excluding diaryl/α,β-unsaturated/α-hetero) is 1. The molecule has 0 unspecified atom stereocenters. The van der Waals surface area contributed by atoms with Crippen LogP contribution in [0, 0.1) is 0 Å². The van der Waals surface area contributed by atoms with Crippen LogP contribution in [0.25, 0.3) is 0 Å². The highest BCUT2D eigenvalue weighted by atomic mass is 16.1. The molecule has 2 heteroatoms. The Hall–Kier alpha value is -1.44. The Morgan fingerprint density at radius 3 is 2.93 bits per heavy atom. The molecule has 1 rings (SSSR count). The van der Waals surface area contributed by atoms with E-state index in [9.17, 15) is 4.79 Å². The van der Waals surface area contributed by atoms with Crippen LogP contribution in [0.2, 0.25) is 0 Å². The molecule has 2 nitrogen and oxygen atoms in total. The van der Waals surface area contributed by atoms with Crippen molar-refractivity contribution in [1.82, 2.24) is 4.98 Å². The molecule has 0 aliphatic carbocycles. The van der Waals surface area contributed by atoms with Gasteiger partial charge in [-0.1, -0.05) is 18.2 Å². The minimum absolute atomic E-state index is 0.251. The lowest BCUT2D eigenvalue weighted by molar-refractivity contribution is -0.118. The highest BCUT2D eigenvalue weighted by Crippen LogP contribution is 2.05. The Labute approximate surface area is 84.7 Å². The van der Waals surface area contributed by atoms with E-state index in [1.54, 1.807) is 12.4 Å². The zero-order valence-corrected chi connectivity index (χ0v) is 8.49. The summed E-state index contributed by atoms with van der Waals surface area (Å²) in [7, 11) is 0. The van der Waals surface area contributed by atoms with Crippen LogP contribution in [0.5, 0.6) is 0 Å². The van der Waals surface area contributed by atoms with Gasteiger partial charge >= 0.3 is 0 Å². The van der Waals surface area contributed by atoms with Gasteiger partial charge in [0.15, 0.2) is 0 Å². The van der Waals surface area contributed by atoms with E-state index < -0.39 is 0 Å². The largest absolute Gasteiger partial charge is 0.299 e. The Balaban J connectivity index is 2.34. The van der Waals surface area contributed by atoms with Crippen molar-refractivity contribution in [2.45, 2.75) is 26.2 Å².